The fourth-order valence-electron chi connectivity index (χ4n) is 2.08. The van der Waals surface area contributed by atoms with E-state index < -0.39 is 16.0 Å². The molecule has 0 aromatic heterocycles. The second-order valence-corrected chi connectivity index (χ2v) is 7.50. The van der Waals surface area contributed by atoms with Crippen LogP contribution in [0.4, 0.5) is 0 Å². The predicted molar refractivity (Wildman–Crippen MR) is 89.1 cm³/mol. The average Bonchev–Trinajstić information content (AvgIpc) is 2.53. The highest BCUT2D eigenvalue weighted by molar-refractivity contribution is 7.89. The Morgan fingerprint density at radius 2 is 1.78 bits per heavy atom. The molecule has 0 amide bonds. The molecule has 0 bridgehead atoms. The smallest absolute Gasteiger partial charge is 0.339 e. The molecular formula is C16H16ClNO4S. The van der Waals surface area contributed by atoms with Crippen molar-refractivity contribution in [3.8, 4) is 11.1 Å². The van der Waals surface area contributed by atoms with Crippen LogP contribution >= 0.6 is 11.6 Å². The number of benzene rings is 2. The summed E-state index contributed by atoms with van der Waals surface area (Å²) in [5, 5.41) is 0.200. The van der Waals surface area contributed by atoms with E-state index in [2.05, 4.69) is 4.74 Å². The highest BCUT2D eigenvalue weighted by Crippen LogP contribution is 2.31. The molecule has 7 heteroatoms. The second-order valence-electron chi connectivity index (χ2n) is 4.97. The van der Waals surface area contributed by atoms with Crippen LogP contribution in [-0.2, 0) is 14.8 Å². The Kier molecular flexibility index (Phi) is 5.09. The number of carbonyl (C=O) groups excluding carboxylic acids is 1. The van der Waals surface area contributed by atoms with E-state index in [4.69, 9.17) is 11.6 Å². The normalized spacial score (nSPS) is 11.5. The van der Waals surface area contributed by atoms with Crippen molar-refractivity contribution < 1.29 is 17.9 Å². The Bertz CT molecular complexity index is 847. The molecule has 0 N–H and O–H groups in total. The molecule has 0 spiro atoms. The van der Waals surface area contributed by atoms with Crippen molar-refractivity contribution in [2.75, 3.05) is 21.2 Å². The third-order valence-corrected chi connectivity index (χ3v) is 5.52. The molecule has 0 saturated heterocycles. The van der Waals surface area contributed by atoms with Crippen molar-refractivity contribution in [3.63, 3.8) is 0 Å². The van der Waals surface area contributed by atoms with Crippen molar-refractivity contribution in [3.05, 3.63) is 53.1 Å². The molecule has 2 rings (SSSR count). The first-order valence-corrected chi connectivity index (χ1v) is 8.50. The number of hydrogen-bond donors (Lipinski definition) is 0. The number of hydrogen-bond acceptors (Lipinski definition) is 4. The first kappa shape index (κ1) is 17.5. The van der Waals surface area contributed by atoms with Crippen LogP contribution in [-0.4, -0.2) is 39.9 Å². The van der Waals surface area contributed by atoms with Crippen molar-refractivity contribution >= 4 is 27.6 Å². The van der Waals surface area contributed by atoms with Gasteiger partial charge in [-0.2, -0.15) is 0 Å². The van der Waals surface area contributed by atoms with Gasteiger partial charge in [0.05, 0.1) is 22.6 Å². The van der Waals surface area contributed by atoms with Crippen LogP contribution in [0.25, 0.3) is 11.1 Å². The number of halogens is 1. The summed E-state index contributed by atoms with van der Waals surface area (Å²) in [6.07, 6.45) is 0. The van der Waals surface area contributed by atoms with E-state index in [-0.39, 0.29) is 15.5 Å². The molecule has 0 atom stereocenters. The number of rotatable bonds is 4. The monoisotopic (exact) mass is 353 g/mol. The molecule has 0 aliphatic carbocycles. The zero-order valence-electron chi connectivity index (χ0n) is 12.9. The molecule has 0 heterocycles. The largest absolute Gasteiger partial charge is 0.465 e. The van der Waals surface area contributed by atoms with E-state index in [9.17, 15) is 13.2 Å². The molecule has 0 aliphatic heterocycles. The van der Waals surface area contributed by atoms with Gasteiger partial charge in [-0.3, -0.25) is 0 Å². The SMILES string of the molecule is COC(=O)c1ccc(-c2ccccc2S(=O)(=O)N(C)C)cc1Cl. The summed E-state index contributed by atoms with van der Waals surface area (Å²) < 4.78 is 30.7. The lowest BCUT2D eigenvalue weighted by Gasteiger charge is -2.15. The second kappa shape index (κ2) is 6.70. The Labute approximate surface area is 140 Å². The van der Waals surface area contributed by atoms with Crippen molar-refractivity contribution in [1.29, 1.82) is 0 Å². The lowest BCUT2D eigenvalue weighted by molar-refractivity contribution is 0.0601. The van der Waals surface area contributed by atoms with Crippen LogP contribution in [0.1, 0.15) is 10.4 Å². The summed E-state index contributed by atoms with van der Waals surface area (Å²) in [7, 11) is 0.612. The number of sulfonamides is 1. The molecule has 0 radical (unpaired) electrons. The van der Waals surface area contributed by atoms with E-state index in [0.29, 0.717) is 11.1 Å². The fraction of sp³-hybridized carbons (Fsp3) is 0.188. The average molecular weight is 354 g/mol. The van der Waals surface area contributed by atoms with Gasteiger partial charge < -0.3 is 4.74 Å². The predicted octanol–water partition coefficient (Wildman–Crippen LogP) is 3.04. The maximum Gasteiger partial charge on any atom is 0.339 e. The minimum absolute atomic E-state index is 0.173. The third-order valence-electron chi connectivity index (χ3n) is 3.33. The molecule has 0 saturated carbocycles. The van der Waals surface area contributed by atoms with Crippen LogP contribution in [0, 0.1) is 0 Å². The summed E-state index contributed by atoms with van der Waals surface area (Å²) in [5.74, 6) is -0.546. The standard InChI is InChI=1S/C16H16ClNO4S/c1-18(2)23(20,21)15-7-5-4-6-12(15)11-8-9-13(14(17)10-11)16(19)22-3/h4-10H,1-3H3. The Hall–Kier alpha value is -1.89. The summed E-state index contributed by atoms with van der Waals surface area (Å²) in [6.45, 7) is 0. The van der Waals surface area contributed by atoms with Gasteiger partial charge >= 0.3 is 5.97 Å². The summed E-state index contributed by atoms with van der Waals surface area (Å²) in [6, 6.07) is 11.3. The molecular weight excluding hydrogens is 338 g/mol. The summed E-state index contributed by atoms with van der Waals surface area (Å²) in [4.78, 5) is 11.8. The zero-order chi connectivity index (χ0) is 17.2. The molecule has 0 unspecified atom stereocenters. The molecule has 2 aromatic rings. The van der Waals surface area contributed by atoms with Crippen molar-refractivity contribution in [2.24, 2.45) is 0 Å². The van der Waals surface area contributed by atoms with E-state index in [0.717, 1.165) is 4.31 Å². The quantitative estimate of drug-likeness (QED) is 0.792. The van der Waals surface area contributed by atoms with Gasteiger partial charge in [0.2, 0.25) is 10.0 Å². The van der Waals surface area contributed by atoms with Gasteiger partial charge in [0.25, 0.3) is 0 Å². The van der Waals surface area contributed by atoms with E-state index in [1.165, 1.54) is 33.3 Å². The Morgan fingerprint density at radius 3 is 2.35 bits per heavy atom. The van der Waals surface area contributed by atoms with Crippen LogP contribution < -0.4 is 0 Å². The molecule has 2 aromatic carbocycles. The highest BCUT2D eigenvalue weighted by atomic mass is 35.5. The van der Waals surface area contributed by atoms with Gasteiger partial charge in [0.15, 0.2) is 0 Å². The molecule has 5 nitrogen and oxygen atoms in total. The van der Waals surface area contributed by atoms with Gasteiger partial charge in [-0.1, -0.05) is 35.9 Å². The number of esters is 1. The van der Waals surface area contributed by atoms with Gasteiger partial charge in [0, 0.05) is 19.7 Å². The Morgan fingerprint density at radius 1 is 1.13 bits per heavy atom. The van der Waals surface area contributed by atoms with Crippen LogP contribution in [0.3, 0.4) is 0 Å². The maximum atomic E-state index is 12.5. The fourth-order valence-corrected chi connectivity index (χ4v) is 3.45. The highest BCUT2D eigenvalue weighted by Gasteiger charge is 2.22. The van der Waals surface area contributed by atoms with Gasteiger partial charge in [-0.15, -0.1) is 0 Å². The Balaban J connectivity index is 2.61. The third kappa shape index (κ3) is 3.39. The van der Waals surface area contributed by atoms with E-state index >= 15 is 0 Å². The summed E-state index contributed by atoms with van der Waals surface area (Å²) >= 11 is 6.12. The molecule has 23 heavy (non-hydrogen) atoms. The van der Waals surface area contributed by atoms with Gasteiger partial charge in [-0.05, 0) is 23.8 Å². The molecule has 122 valence electrons. The minimum atomic E-state index is -3.60. The van der Waals surface area contributed by atoms with E-state index in [1.807, 2.05) is 0 Å². The lowest BCUT2D eigenvalue weighted by atomic mass is 10.0. The van der Waals surface area contributed by atoms with Crippen molar-refractivity contribution in [1.82, 2.24) is 4.31 Å². The number of nitrogens with zero attached hydrogens (tertiary/aromatic N) is 1. The first-order chi connectivity index (χ1) is 10.8. The van der Waals surface area contributed by atoms with Gasteiger partial charge in [-0.25, -0.2) is 17.5 Å². The molecule has 0 fully saturated rings. The number of carbonyl (C=O) groups is 1. The number of ether oxygens (including phenoxy) is 1. The zero-order valence-corrected chi connectivity index (χ0v) is 14.5. The van der Waals surface area contributed by atoms with Crippen molar-refractivity contribution in [2.45, 2.75) is 4.90 Å². The van der Waals surface area contributed by atoms with Crippen LogP contribution in [0.2, 0.25) is 5.02 Å². The lowest BCUT2D eigenvalue weighted by Crippen LogP contribution is -2.22. The first-order valence-electron chi connectivity index (χ1n) is 6.69. The summed E-state index contributed by atoms with van der Waals surface area (Å²) in [5.41, 5.74) is 1.34. The van der Waals surface area contributed by atoms with E-state index in [1.54, 1.807) is 30.3 Å². The van der Waals surface area contributed by atoms with Gasteiger partial charge in [0.1, 0.15) is 0 Å². The van der Waals surface area contributed by atoms with Crippen LogP contribution in [0.15, 0.2) is 47.4 Å². The topological polar surface area (TPSA) is 63.7 Å². The minimum Gasteiger partial charge on any atom is -0.465 e. The number of methoxy groups -OCH3 is 1. The maximum absolute atomic E-state index is 12.5. The molecule has 0 aliphatic rings. The van der Waals surface area contributed by atoms with Crippen LogP contribution in [0.5, 0.6) is 0 Å².